The Bertz CT molecular complexity index is 675. The lowest BCUT2D eigenvalue weighted by molar-refractivity contribution is 0.180. The first kappa shape index (κ1) is 19.3. The van der Waals surface area contributed by atoms with Gasteiger partial charge in [0.25, 0.3) is 0 Å². The van der Waals surface area contributed by atoms with E-state index in [9.17, 15) is 9.59 Å². The molecule has 7 unspecified atom stereocenters. The van der Waals surface area contributed by atoms with Crippen LogP contribution in [0.2, 0.25) is 0 Å². The van der Waals surface area contributed by atoms with Gasteiger partial charge in [0.15, 0.2) is 0 Å². The molecule has 4 rings (SSSR count). The fourth-order valence-corrected chi connectivity index (χ4v) is 6.44. The Labute approximate surface area is 166 Å². The summed E-state index contributed by atoms with van der Waals surface area (Å²) in [5.41, 5.74) is 0.212. The smallest absolute Gasteiger partial charge is 0.404 e. The number of nitrogens with one attached hydrogen (secondary N) is 2. The third-order valence-electron chi connectivity index (χ3n) is 7.67. The van der Waals surface area contributed by atoms with E-state index in [1.165, 1.54) is 19.3 Å². The van der Waals surface area contributed by atoms with Gasteiger partial charge < -0.3 is 20.8 Å². The zero-order valence-electron chi connectivity index (χ0n) is 16.3. The molecule has 4 N–H and O–H groups in total. The maximum Gasteiger partial charge on any atom is 0.404 e. The first-order valence-electron chi connectivity index (χ1n) is 10.8. The number of allylic oxidation sites excluding steroid dienone is 2. The number of fused-ring (bicyclic) bond motifs is 4. The molecule has 2 amide bonds. The number of carboxylic acid groups (broad SMARTS) is 2. The second-order valence-electron chi connectivity index (χ2n) is 9.39. The summed E-state index contributed by atoms with van der Waals surface area (Å²) in [7, 11) is 0. The van der Waals surface area contributed by atoms with Crippen molar-refractivity contribution in [1.82, 2.24) is 10.6 Å². The summed E-state index contributed by atoms with van der Waals surface area (Å²) >= 11 is 0. The highest BCUT2D eigenvalue weighted by Crippen LogP contribution is 2.52. The summed E-state index contributed by atoms with van der Waals surface area (Å²) in [6.45, 7) is 0. The summed E-state index contributed by atoms with van der Waals surface area (Å²) in [5, 5.41) is 23.5. The quantitative estimate of drug-likeness (QED) is 0.348. The van der Waals surface area contributed by atoms with E-state index in [4.69, 9.17) is 10.2 Å². The van der Waals surface area contributed by atoms with Crippen LogP contribution in [-0.2, 0) is 0 Å². The summed E-state index contributed by atoms with van der Waals surface area (Å²) < 4.78 is 0. The van der Waals surface area contributed by atoms with Gasteiger partial charge in [0.1, 0.15) is 0 Å². The van der Waals surface area contributed by atoms with E-state index >= 15 is 0 Å². The highest BCUT2D eigenvalue weighted by atomic mass is 16.4. The van der Waals surface area contributed by atoms with Gasteiger partial charge in [0.05, 0.1) is 0 Å². The van der Waals surface area contributed by atoms with Crippen LogP contribution in [0, 0.1) is 29.1 Å². The van der Waals surface area contributed by atoms with Crippen LogP contribution >= 0.6 is 0 Å². The van der Waals surface area contributed by atoms with E-state index < -0.39 is 12.2 Å². The highest BCUT2D eigenvalue weighted by Gasteiger charge is 2.47. The molecule has 0 aromatic rings. The van der Waals surface area contributed by atoms with Gasteiger partial charge in [0.2, 0.25) is 0 Å². The fraction of sp³-hybridized carbons (Fsp3) is 0.727. The van der Waals surface area contributed by atoms with Gasteiger partial charge in [-0.3, -0.25) is 0 Å². The zero-order chi connectivity index (χ0) is 19.7. The number of unbranched alkanes of at least 4 members (excludes halogenated alkanes) is 3. The summed E-state index contributed by atoms with van der Waals surface area (Å²) in [5.74, 6) is 1.78. The largest absolute Gasteiger partial charge is 0.465 e. The molecule has 0 heterocycles. The Morgan fingerprint density at radius 3 is 2.43 bits per heavy atom. The Morgan fingerprint density at radius 1 is 0.893 bits per heavy atom. The van der Waals surface area contributed by atoms with E-state index in [2.05, 4.69) is 34.9 Å². The molecule has 0 saturated heterocycles. The Morgan fingerprint density at radius 2 is 1.64 bits per heavy atom. The van der Waals surface area contributed by atoms with E-state index in [0.717, 1.165) is 38.5 Å². The van der Waals surface area contributed by atoms with Crippen molar-refractivity contribution in [3.05, 3.63) is 24.3 Å². The number of hydrogen-bond donors (Lipinski definition) is 4. The lowest BCUT2D eigenvalue weighted by Gasteiger charge is -2.28. The van der Waals surface area contributed by atoms with E-state index in [-0.39, 0.29) is 17.5 Å². The average Bonchev–Trinajstić information content (AvgIpc) is 3.38. The highest BCUT2D eigenvalue weighted by molar-refractivity contribution is 5.65. The molecule has 0 aliphatic heterocycles. The standard InChI is InChI=1S/C22H32N2O4/c25-20(26)23-18-13-22(10-8-16(18)12-22)9-4-2-1-3-5-17-14-6-7-15(11-14)19(17)24-21(27)28/h6-8,10,14-19,23-24H,1-5,9,11-13H2,(H,25,26)(H,27,28). The number of amides is 2. The maximum absolute atomic E-state index is 11.1. The van der Waals surface area contributed by atoms with Crippen LogP contribution in [0.3, 0.4) is 0 Å². The predicted molar refractivity (Wildman–Crippen MR) is 106 cm³/mol. The monoisotopic (exact) mass is 388 g/mol. The van der Waals surface area contributed by atoms with Crippen molar-refractivity contribution < 1.29 is 19.8 Å². The minimum absolute atomic E-state index is 0.0898. The van der Waals surface area contributed by atoms with Crippen molar-refractivity contribution in [2.24, 2.45) is 29.1 Å². The third-order valence-corrected chi connectivity index (χ3v) is 7.67. The minimum Gasteiger partial charge on any atom is -0.465 e. The molecule has 0 radical (unpaired) electrons. The van der Waals surface area contributed by atoms with Crippen LogP contribution in [0.4, 0.5) is 9.59 Å². The molecule has 4 aliphatic carbocycles. The molecule has 4 bridgehead atoms. The van der Waals surface area contributed by atoms with Gasteiger partial charge in [-0.25, -0.2) is 9.59 Å². The number of rotatable bonds is 9. The molecule has 0 aromatic carbocycles. The molecule has 4 aliphatic rings. The first-order valence-corrected chi connectivity index (χ1v) is 10.8. The average molecular weight is 389 g/mol. The molecule has 28 heavy (non-hydrogen) atoms. The van der Waals surface area contributed by atoms with Crippen molar-refractivity contribution in [2.75, 3.05) is 0 Å². The van der Waals surface area contributed by atoms with Crippen molar-refractivity contribution in [1.29, 1.82) is 0 Å². The van der Waals surface area contributed by atoms with E-state index in [1.54, 1.807) is 0 Å². The molecule has 154 valence electrons. The SMILES string of the molecule is O=C(O)NC1CC2(CCCCCCC3C4C=CC(C4)C3NC(=O)O)C=CC1C2. The van der Waals surface area contributed by atoms with Crippen molar-refractivity contribution in [3.63, 3.8) is 0 Å². The van der Waals surface area contributed by atoms with E-state index in [1.807, 2.05) is 0 Å². The van der Waals surface area contributed by atoms with Crippen molar-refractivity contribution in [3.8, 4) is 0 Å². The van der Waals surface area contributed by atoms with Gasteiger partial charge in [-0.2, -0.15) is 0 Å². The minimum atomic E-state index is -0.910. The lowest BCUT2D eigenvalue weighted by Crippen LogP contribution is -2.42. The molecular formula is C22H32N2O4. The normalized spacial score (nSPS) is 39.6. The second-order valence-corrected chi connectivity index (χ2v) is 9.39. The maximum atomic E-state index is 11.1. The molecule has 7 atom stereocenters. The molecule has 2 fully saturated rings. The molecule has 2 saturated carbocycles. The fourth-order valence-electron chi connectivity index (χ4n) is 6.44. The topological polar surface area (TPSA) is 98.7 Å². The van der Waals surface area contributed by atoms with Gasteiger partial charge in [-0.1, -0.05) is 50.0 Å². The zero-order valence-corrected chi connectivity index (χ0v) is 16.3. The van der Waals surface area contributed by atoms with Crippen LogP contribution in [-0.4, -0.2) is 34.5 Å². The Hall–Kier alpha value is -1.98. The molecular weight excluding hydrogens is 356 g/mol. The van der Waals surface area contributed by atoms with Crippen LogP contribution in [0.1, 0.15) is 57.8 Å². The third kappa shape index (κ3) is 3.91. The first-order chi connectivity index (χ1) is 13.5. The van der Waals surface area contributed by atoms with Gasteiger partial charge in [0, 0.05) is 12.1 Å². The van der Waals surface area contributed by atoms with Gasteiger partial charge in [-0.05, 0) is 61.2 Å². The second kappa shape index (κ2) is 7.80. The van der Waals surface area contributed by atoms with Gasteiger partial charge in [-0.15, -0.1) is 0 Å². The van der Waals surface area contributed by atoms with Gasteiger partial charge >= 0.3 is 12.2 Å². The van der Waals surface area contributed by atoms with Crippen LogP contribution in [0.15, 0.2) is 24.3 Å². The lowest BCUT2D eigenvalue weighted by atomic mass is 9.81. The molecule has 6 nitrogen and oxygen atoms in total. The molecule has 6 heteroatoms. The Balaban J connectivity index is 1.15. The van der Waals surface area contributed by atoms with E-state index in [0.29, 0.717) is 23.7 Å². The number of carbonyl (C=O) groups is 2. The summed E-state index contributed by atoms with van der Waals surface area (Å²) in [4.78, 5) is 22.0. The predicted octanol–water partition coefficient (Wildman–Crippen LogP) is 4.39. The molecule has 0 spiro atoms. The summed E-state index contributed by atoms with van der Waals surface area (Å²) in [6.07, 6.45) is 17.4. The van der Waals surface area contributed by atoms with Crippen molar-refractivity contribution in [2.45, 2.75) is 69.9 Å². The van der Waals surface area contributed by atoms with Crippen LogP contribution < -0.4 is 10.6 Å². The summed E-state index contributed by atoms with van der Waals surface area (Å²) in [6, 6.07) is 0.191. The van der Waals surface area contributed by atoms with Crippen LogP contribution in [0.25, 0.3) is 0 Å². The molecule has 0 aromatic heterocycles. The van der Waals surface area contributed by atoms with Crippen molar-refractivity contribution >= 4 is 12.2 Å². The van der Waals surface area contributed by atoms with Crippen LogP contribution in [0.5, 0.6) is 0 Å². The Kier molecular flexibility index (Phi) is 5.39. The number of hydrogen-bond acceptors (Lipinski definition) is 2.